The van der Waals surface area contributed by atoms with Crippen molar-refractivity contribution in [1.82, 2.24) is 15.0 Å². The molecule has 134 valence electrons. The maximum Gasteiger partial charge on any atom is 0.224 e. The number of carbonyl (C=O) groups excluding carboxylic acids is 1. The predicted octanol–water partition coefficient (Wildman–Crippen LogP) is 4.59. The molecule has 0 spiro atoms. The van der Waals surface area contributed by atoms with Crippen molar-refractivity contribution in [2.75, 3.05) is 5.32 Å². The number of amides is 1. The number of carbonyl (C=O) groups is 1. The fourth-order valence-corrected chi connectivity index (χ4v) is 3.13. The van der Waals surface area contributed by atoms with Gasteiger partial charge in [0.2, 0.25) is 5.91 Å². The quantitative estimate of drug-likeness (QED) is 0.531. The van der Waals surface area contributed by atoms with E-state index in [0.29, 0.717) is 17.9 Å². The monoisotopic (exact) mass is 356 g/mol. The number of aromatic nitrogens is 3. The number of hydrogen-bond acceptors (Lipinski definition) is 3. The molecule has 2 heterocycles. The van der Waals surface area contributed by atoms with Gasteiger partial charge in [-0.15, -0.1) is 0 Å². The number of benzene rings is 2. The number of para-hydroxylation sites is 1. The molecule has 0 aliphatic carbocycles. The maximum absolute atomic E-state index is 12.2. The molecule has 4 rings (SSSR count). The first kappa shape index (κ1) is 17.0. The van der Waals surface area contributed by atoms with E-state index in [0.717, 1.165) is 23.9 Å². The molecule has 5 nitrogen and oxygen atoms in total. The molecule has 0 bridgehead atoms. The Kier molecular flexibility index (Phi) is 4.92. The topological polar surface area (TPSA) is 70.7 Å². The molecule has 0 fully saturated rings. The minimum Gasteiger partial charge on any atom is -0.361 e. The van der Waals surface area contributed by atoms with Gasteiger partial charge in [0.05, 0.1) is 18.1 Å². The normalized spacial score (nSPS) is 10.8. The van der Waals surface area contributed by atoms with Crippen molar-refractivity contribution in [3.05, 3.63) is 78.8 Å². The van der Waals surface area contributed by atoms with Gasteiger partial charge < -0.3 is 10.3 Å². The summed E-state index contributed by atoms with van der Waals surface area (Å²) in [5, 5.41) is 4.09. The number of aromatic amines is 1. The third-order valence-electron chi connectivity index (χ3n) is 4.49. The highest BCUT2D eigenvalue weighted by Crippen LogP contribution is 2.20. The van der Waals surface area contributed by atoms with Gasteiger partial charge in [-0.2, -0.15) is 0 Å². The molecular formula is C22H20N4O. The van der Waals surface area contributed by atoms with Crippen LogP contribution in [0.2, 0.25) is 0 Å². The number of fused-ring (bicyclic) bond motifs is 1. The molecule has 2 aromatic carbocycles. The van der Waals surface area contributed by atoms with Crippen molar-refractivity contribution in [3.8, 4) is 11.4 Å². The van der Waals surface area contributed by atoms with Gasteiger partial charge in [-0.05, 0) is 24.5 Å². The molecule has 4 aromatic rings. The SMILES string of the molecule is O=C(CCCc1c[nH]c2ccccc12)Nc1cnc(-c2ccccc2)nc1. The van der Waals surface area contributed by atoms with Crippen LogP contribution in [0.1, 0.15) is 18.4 Å². The van der Waals surface area contributed by atoms with Crippen LogP contribution in [0.3, 0.4) is 0 Å². The van der Waals surface area contributed by atoms with Crippen molar-refractivity contribution < 1.29 is 4.79 Å². The summed E-state index contributed by atoms with van der Waals surface area (Å²) in [6.07, 6.45) is 7.43. The molecule has 0 aliphatic rings. The van der Waals surface area contributed by atoms with E-state index in [4.69, 9.17) is 0 Å². The van der Waals surface area contributed by atoms with Crippen LogP contribution in [0, 0.1) is 0 Å². The Bertz CT molecular complexity index is 1040. The van der Waals surface area contributed by atoms with E-state index in [9.17, 15) is 4.79 Å². The number of anilines is 1. The first-order valence-corrected chi connectivity index (χ1v) is 9.02. The summed E-state index contributed by atoms with van der Waals surface area (Å²) in [4.78, 5) is 24.1. The Morgan fingerprint density at radius 1 is 0.963 bits per heavy atom. The van der Waals surface area contributed by atoms with Crippen molar-refractivity contribution in [1.29, 1.82) is 0 Å². The van der Waals surface area contributed by atoms with E-state index in [-0.39, 0.29) is 5.91 Å². The smallest absolute Gasteiger partial charge is 0.224 e. The Hall–Kier alpha value is -3.47. The molecular weight excluding hydrogens is 336 g/mol. The van der Waals surface area contributed by atoms with Crippen LogP contribution in [0.5, 0.6) is 0 Å². The maximum atomic E-state index is 12.2. The summed E-state index contributed by atoms with van der Waals surface area (Å²) in [6, 6.07) is 18.0. The van der Waals surface area contributed by atoms with E-state index in [1.165, 1.54) is 10.9 Å². The fourth-order valence-electron chi connectivity index (χ4n) is 3.13. The van der Waals surface area contributed by atoms with Crippen LogP contribution in [0.25, 0.3) is 22.3 Å². The summed E-state index contributed by atoms with van der Waals surface area (Å²) < 4.78 is 0. The summed E-state index contributed by atoms with van der Waals surface area (Å²) >= 11 is 0. The average Bonchev–Trinajstić information content (AvgIpc) is 3.12. The van der Waals surface area contributed by atoms with Gasteiger partial charge in [-0.25, -0.2) is 9.97 Å². The van der Waals surface area contributed by atoms with Gasteiger partial charge in [0.25, 0.3) is 0 Å². The lowest BCUT2D eigenvalue weighted by atomic mass is 10.1. The molecule has 5 heteroatoms. The van der Waals surface area contributed by atoms with Crippen molar-refractivity contribution in [2.24, 2.45) is 0 Å². The zero-order valence-corrected chi connectivity index (χ0v) is 14.9. The second-order valence-corrected chi connectivity index (χ2v) is 6.42. The molecule has 2 N–H and O–H groups in total. The van der Waals surface area contributed by atoms with Crippen LogP contribution in [0.15, 0.2) is 73.2 Å². The van der Waals surface area contributed by atoms with Crippen molar-refractivity contribution in [2.45, 2.75) is 19.3 Å². The highest BCUT2D eigenvalue weighted by molar-refractivity contribution is 5.90. The zero-order chi connectivity index (χ0) is 18.5. The van der Waals surface area contributed by atoms with Crippen molar-refractivity contribution in [3.63, 3.8) is 0 Å². The number of hydrogen-bond donors (Lipinski definition) is 2. The van der Waals surface area contributed by atoms with Crippen molar-refractivity contribution >= 4 is 22.5 Å². The number of H-pyrrole nitrogens is 1. The zero-order valence-electron chi connectivity index (χ0n) is 14.9. The summed E-state index contributed by atoms with van der Waals surface area (Å²) in [5.41, 5.74) is 3.95. The number of aryl methyl sites for hydroxylation is 1. The van der Waals surface area contributed by atoms with Gasteiger partial charge in [0.1, 0.15) is 0 Å². The van der Waals surface area contributed by atoms with E-state index >= 15 is 0 Å². The van der Waals surface area contributed by atoms with Crippen LogP contribution in [-0.4, -0.2) is 20.9 Å². The predicted molar refractivity (Wildman–Crippen MR) is 107 cm³/mol. The molecule has 0 unspecified atom stereocenters. The lowest BCUT2D eigenvalue weighted by molar-refractivity contribution is -0.116. The highest BCUT2D eigenvalue weighted by Gasteiger charge is 2.07. The number of nitrogens with one attached hydrogen (secondary N) is 2. The summed E-state index contributed by atoms with van der Waals surface area (Å²) in [7, 11) is 0. The Labute approximate surface area is 157 Å². The van der Waals surface area contributed by atoms with Gasteiger partial charge in [-0.1, -0.05) is 48.5 Å². The lowest BCUT2D eigenvalue weighted by Gasteiger charge is -2.06. The standard InChI is InChI=1S/C22H20N4O/c27-21(12-6-9-17-13-23-20-11-5-4-10-19(17)20)26-18-14-24-22(25-15-18)16-7-2-1-3-8-16/h1-5,7-8,10-11,13-15,23H,6,9,12H2,(H,26,27). The third kappa shape index (κ3) is 4.03. The molecule has 0 radical (unpaired) electrons. The largest absolute Gasteiger partial charge is 0.361 e. The first-order valence-electron chi connectivity index (χ1n) is 9.02. The highest BCUT2D eigenvalue weighted by atomic mass is 16.1. The van der Waals surface area contributed by atoms with Crippen LogP contribution in [-0.2, 0) is 11.2 Å². The number of nitrogens with zero attached hydrogens (tertiary/aromatic N) is 2. The molecule has 0 atom stereocenters. The molecule has 0 saturated carbocycles. The molecule has 1 amide bonds. The minimum absolute atomic E-state index is 0.0223. The minimum atomic E-state index is -0.0223. The second-order valence-electron chi connectivity index (χ2n) is 6.42. The molecule has 0 aliphatic heterocycles. The van der Waals surface area contributed by atoms with E-state index in [2.05, 4.69) is 32.4 Å². The Morgan fingerprint density at radius 2 is 1.70 bits per heavy atom. The summed E-state index contributed by atoms with van der Waals surface area (Å²) in [5.74, 6) is 0.624. The van der Waals surface area contributed by atoms with E-state index in [1.54, 1.807) is 12.4 Å². The molecule has 2 aromatic heterocycles. The lowest BCUT2D eigenvalue weighted by Crippen LogP contribution is -2.12. The van der Waals surface area contributed by atoms with Crippen LogP contribution >= 0.6 is 0 Å². The third-order valence-corrected chi connectivity index (χ3v) is 4.49. The van der Waals surface area contributed by atoms with Crippen LogP contribution in [0.4, 0.5) is 5.69 Å². The molecule has 27 heavy (non-hydrogen) atoms. The van der Waals surface area contributed by atoms with Gasteiger partial charge >= 0.3 is 0 Å². The molecule has 0 saturated heterocycles. The van der Waals surface area contributed by atoms with Gasteiger partial charge in [0, 0.05) is 29.1 Å². The van der Waals surface area contributed by atoms with Gasteiger partial charge in [-0.3, -0.25) is 4.79 Å². The Balaban J connectivity index is 1.30. The average molecular weight is 356 g/mol. The van der Waals surface area contributed by atoms with E-state index < -0.39 is 0 Å². The summed E-state index contributed by atoms with van der Waals surface area (Å²) in [6.45, 7) is 0. The fraction of sp³-hybridized carbons (Fsp3) is 0.136. The van der Waals surface area contributed by atoms with Gasteiger partial charge in [0.15, 0.2) is 5.82 Å². The second kappa shape index (κ2) is 7.83. The van der Waals surface area contributed by atoms with E-state index in [1.807, 2.05) is 48.7 Å². The number of rotatable bonds is 6. The first-order chi connectivity index (χ1) is 13.3. The Morgan fingerprint density at radius 3 is 2.52 bits per heavy atom. The van der Waals surface area contributed by atoms with Crippen LogP contribution < -0.4 is 5.32 Å².